The maximum absolute atomic E-state index is 12.9. The number of nitrogens with zero attached hydrogens (tertiary/aromatic N) is 2. The maximum atomic E-state index is 12.9. The minimum Gasteiger partial charge on any atom is -0.364 e. The molecule has 9 heteroatoms. The van der Waals surface area contributed by atoms with E-state index in [1.165, 1.54) is 35.0 Å². The summed E-state index contributed by atoms with van der Waals surface area (Å²) in [5.74, 6) is -1.51. The number of benzene rings is 2. The third kappa shape index (κ3) is 5.51. The summed E-state index contributed by atoms with van der Waals surface area (Å²) < 4.78 is 14.4. The van der Waals surface area contributed by atoms with E-state index in [1.807, 2.05) is 0 Å². The molecule has 0 saturated heterocycles. The molecule has 0 atom stereocenters. The van der Waals surface area contributed by atoms with Crippen LogP contribution in [0.2, 0.25) is 0 Å². The summed E-state index contributed by atoms with van der Waals surface area (Å²) >= 11 is 0. The van der Waals surface area contributed by atoms with Gasteiger partial charge in [0.2, 0.25) is 5.91 Å². The highest BCUT2D eigenvalue weighted by Gasteiger charge is 2.08. The molecule has 0 spiro atoms. The van der Waals surface area contributed by atoms with Crippen LogP contribution in [0.15, 0.2) is 60.8 Å². The van der Waals surface area contributed by atoms with Crippen LogP contribution in [0.1, 0.15) is 33.7 Å². The van der Waals surface area contributed by atoms with Gasteiger partial charge >= 0.3 is 0 Å². The molecular weight excluding hydrogens is 389 g/mol. The molecule has 0 radical (unpaired) electrons. The Bertz CT molecular complexity index is 1050. The molecule has 0 fully saturated rings. The number of halogens is 1. The van der Waals surface area contributed by atoms with Crippen molar-refractivity contribution in [2.45, 2.75) is 12.8 Å². The van der Waals surface area contributed by atoms with Crippen molar-refractivity contribution in [2.24, 2.45) is 5.73 Å². The van der Waals surface area contributed by atoms with E-state index in [2.05, 4.69) is 15.7 Å². The van der Waals surface area contributed by atoms with Crippen molar-refractivity contribution in [3.8, 4) is 5.69 Å². The van der Waals surface area contributed by atoms with Gasteiger partial charge in [-0.15, -0.1) is 0 Å². The number of carbonyl (C=O) groups excluding carboxylic acids is 3. The van der Waals surface area contributed by atoms with Crippen LogP contribution in [0.4, 0.5) is 10.1 Å². The molecule has 30 heavy (non-hydrogen) atoms. The second kappa shape index (κ2) is 9.46. The molecule has 154 valence electrons. The fraction of sp³-hybridized carbons (Fsp3) is 0.143. The number of nitrogens with one attached hydrogen (secondary N) is 2. The quantitative estimate of drug-likeness (QED) is 0.494. The number of hydrogen-bond donors (Lipinski definition) is 3. The van der Waals surface area contributed by atoms with Gasteiger partial charge in [-0.3, -0.25) is 14.4 Å². The predicted octanol–water partition coefficient (Wildman–Crippen LogP) is 2.26. The van der Waals surface area contributed by atoms with E-state index in [1.54, 1.807) is 30.5 Å². The largest absolute Gasteiger partial charge is 0.364 e. The van der Waals surface area contributed by atoms with E-state index in [0.29, 0.717) is 29.9 Å². The van der Waals surface area contributed by atoms with Crippen molar-refractivity contribution in [3.63, 3.8) is 0 Å². The monoisotopic (exact) mass is 409 g/mol. The van der Waals surface area contributed by atoms with Crippen molar-refractivity contribution in [2.75, 3.05) is 11.9 Å². The van der Waals surface area contributed by atoms with E-state index >= 15 is 0 Å². The minimum atomic E-state index is -0.605. The van der Waals surface area contributed by atoms with Crippen LogP contribution in [0.25, 0.3) is 5.69 Å². The van der Waals surface area contributed by atoms with Crippen molar-refractivity contribution in [3.05, 3.63) is 77.9 Å². The molecule has 0 aliphatic rings. The molecule has 3 amide bonds. The molecule has 0 aliphatic carbocycles. The highest BCUT2D eigenvalue weighted by atomic mass is 19.1. The summed E-state index contributed by atoms with van der Waals surface area (Å²) in [7, 11) is 0. The SMILES string of the molecule is NC(=O)c1ccn(-c2ccc(NC(=O)CCCNC(=O)c3ccc(F)cc3)cc2)n1. The first-order valence-electron chi connectivity index (χ1n) is 9.22. The normalized spacial score (nSPS) is 10.4. The smallest absolute Gasteiger partial charge is 0.269 e. The van der Waals surface area contributed by atoms with Crippen LogP contribution in [0, 0.1) is 5.82 Å². The summed E-state index contributed by atoms with van der Waals surface area (Å²) in [6.07, 6.45) is 2.31. The Morgan fingerprint density at radius 3 is 2.33 bits per heavy atom. The average molecular weight is 409 g/mol. The van der Waals surface area contributed by atoms with Gasteiger partial charge in [-0.05, 0) is 61.0 Å². The Morgan fingerprint density at radius 2 is 1.70 bits per heavy atom. The second-order valence-corrected chi connectivity index (χ2v) is 6.47. The number of carbonyl (C=O) groups is 3. The third-order valence-electron chi connectivity index (χ3n) is 4.23. The first-order chi connectivity index (χ1) is 14.4. The lowest BCUT2D eigenvalue weighted by atomic mass is 10.2. The van der Waals surface area contributed by atoms with Gasteiger partial charge in [0.15, 0.2) is 0 Å². The van der Waals surface area contributed by atoms with Gasteiger partial charge in [-0.25, -0.2) is 9.07 Å². The first-order valence-corrected chi connectivity index (χ1v) is 9.22. The molecule has 8 nitrogen and oxygen atoms in total. The molecule has 1 heterocycles. The van der Waals surface area contributed by atoms with Crippen LogP contribution in [-0.2, 0) is 4.79 Å². The molecule has 4 N–H and O–H groups in total. The maximum Gasteiger partial charge on any atom is 0.269 e. The molecule has 0 bridgehead atoms. The standard InChI is InChI=1S/C21H20FN5O3/c22-15-5-3-14(4-6-15)21(30)24-12-1-2-19(28)25-16-7-9-17(10-8-16)27-13-11-18(26-27)20(23)29/h3-11,13H,1-2,12H2,(H2,23,29)(H,24,30)(H,25,28). The number of primary amides is 1. The number of rotatable bonds is 8. The minimum absolute atomic E-state index is 0.166. The molecule has 0 aliphatic heterocycles. The predicted molar refractivity (Wildman–Crippen MR) is 109 cm³/mol. The average Bonchev–Trinajstić information content (AvgIpc) is 3.23. The van der Waals surface area contributed by atoms with Crippen molar-refractivity contribution < 1.29 is 18.8 Å². The summed E-state index contributed by atoms with van der Waals surface area (Å²) in [5.41, 5.74) is 7.04. The molecular formula is C21H20FN5O3. The zero-order valence-corrected chi connectivity index (χ0v) is 16.0. The van der Waals surface area contributed by atoms with Crippen LogP contribution >= 0.6 is 0 Å². The van der Waals surface area contributed by atoms with Crippen LogP contribution < -0.4 is 16.4 Å². The number of aromatic nitrogens is 2. The van der Waals surface area contributed by atoms with Crippen molar-refractivity contribution in [1.82, 2.24) is 15.1 Å². The van der Waals surface area contributed by atoms with Crippen LogP contribution in [-0.4, -0.2) is 34.0 Å². The summed E-state index contributed by atoms with van der Waals surface area (Å²) in [6.45, 7) is 0.323. The lowest BCUT2D eigenvalue weighted by Crippen LogP contribution is -2.25. The topological polar surface area (TPSA) is 119 Å². The van der Waals surface area contributed by atoms with Gasteiger partial charge in [0.1, 0.15) is 11.5 Å². The molecule has 1 aromatic heterocycles. The Kier molecular flexibility index (Phi) is 6.53. The zero-order chi connectivity index (χ0) is 21.5. The molecule has 0 saturated carbocycles. The number of anilines is 1. The van der Waals surface area contributed by atoms with Crippen molar-refractivity contribution in [1.29, 1.82) is 0 Å². The van der Waals surface area contributed by atoms with Gasteiger partial charge in [0.05, 0.1) is 5.69 Å². The van der Waals surface area contributed by atoms with Crippen LogP contribution in [0.5, 0.6) is 0 Å². The van der Waals surface area contributed by atoms with Gasteiger partial charge in [-0.2, -0.15) is 5.10 Å². The van der Waals surface area contributed by atoms with E-state index in [-0.39, 0.29) is 23.9 Å². The van der Waals surface area contributed by atoms with Crippen molar-refractivity contribution >= 4 is 23.4 Å². The zero-order valence-electron chi connectivity index (χ0n) is 16.0. The molecule has 3 aromatic rings. The van der Waals surface area contributed by atoms with E-state index < -0.39 is 11.7 Å². The summed E-state index contributed by atoms with van der Waals surface area (Å²) in [4.78, 5) is 35.1. The first kappa shape index (κ1) is 20.7. The summed E-state index contributed by atoms with van der Waals surface area (Å²) in [6, 6.07) is 13.7. The Morgan fingerprint density at radius 1 is 1.00 bits per heavy atom. The molecule has 3 rings (SSSR count). The number of amides is 3. The van der Waals surface area contributed by atoms with Gasteiger partial charge < -0.3 is 16.4 Å². The second-order valence-electron chi connectivity index (χ2n) is 6.47. The van der Waals surface area contributed by atoms with E-state index in [4.69, 9.17) is 5.73 Å². The van der Waals surface area contributed by atoms with Crippen LogP contribution in [0.3, 0.4) is 0 Å². The highest BCUT2D eigenvalue weighted by Crippen LogP contribution is 2.14. The van der Waals surface area contributed by atoms with Gasteiger partial charge in [0, 0.05) is 30.4 Å². The highest BCUT2D eigenvalue weighted by molar-refractivity contribution is 5.94. The van der Waals surface area contributed by atoms with E-state index in [9.17, 15) is 18.8 Å². The number of hydrogen-bond acceptors (Lipinski definition) is 4. The fourth-order valence-electron chi connectivity index (χ4n) is 2.67. The Labute approximate surface area is 171 Å². The third-order valence-corrected chi connectivity index (χ3v) is 4.23. The molecule has 2 aromatic carbocycles. The van der Waals surface area contributed by atoms with Gasteiger partial charge in [-0.1, -0.05) is 0 Å². The lowest BCUT2D eigenvalue weighted by molar-refractivity contribution is -0.116. The Balaban J connectivity index is 1.42. The summed E-state index contributed by atoms with van der Waals surface area (Å²) in [5, 5.41) is 9.52. The molecule has 0 unspecified atom stereocenters. The fourth-order valence-corrected chi connectivity index (χ4v) is 2.67. The van der Waals surface area contributed by atoms with Gasteiger partial charge in [0.25, 0.3) is 11.8 Å². The lowest BCUT2D eigenvalue weighted by Gasteiger charge is -2.08. The Hall–Kier alpha value is -4.01. The number of nitrogens with two attached hydrogens (primary N) is 1. The van der Waals surface area contributed by atoms with E-state index in [0.717, 1.165) is 0 Å².